The summed E-state index contributed by atoms with van der Waals surface area (Å²) in [6, 6.07) is 5.90. The van der Waals surface area contributed by atoms with Crippen LogP contribution in [0.3, 0.4) is 0 Å². The van der Waals surface area contributed by atoms with E-state index in [0.717, 1.165) is 33.3 Å². The molecule has 0 aliphatic heterocycles. The molecule has 8 heteroatoms. The summed E-state index contributed by atoms with van der Waals surface area (Å²) < 4.78 is 12.4. The number of pyridine rings is 1. The third kappa shape index (κ3) is 4.90. The van der Waals surface area contributed by atoms with Crippen LogP contribution in [0.15, 0.2) is 29.8 Å². The van der Waals surface area contributed by atoms with E-state index in [4.69, 9.17) is 14.5 Å². The first-order valence-electron chi connectivity index (χ1n) is 9.40. The molecule has 1 N–H and O–H groups in total. The van der Waals surface area contributed by atoms with E-state index >= 15 is 0 Å². The zero-order valence-electron chi connectivity index (χ0n) is 17.2. The predicted octanol–water partition coefficient (Wildman–Crippen LogP) is 3.31. The minimum Gasteiger partial charge on any atom is -0.383 e. The molecule has 0 unspecified atom stereocenters. The van der Waals surface area contributed by atoms with E-state index in [1.165, 1.54) is 0 Å². The van der Waals surface area contributed by atoms with Crippen molar-refractivity contribution in [2.75, 3.05) is 34.0 Å². The van der Waals surface area contributed by atoms with Gasteiger partial charge in [0, 0.05) is 55.8 Å². The topological polar surface area (TPSA) is 78.3 Å². The van der Waals surface area contributed by atoms with Gasteiger partial charge in [-0.2, -0.15) is 0 Å². The Hall–Kier alpha value is -2.55. The Morgan fingerprint density at radius 1 is 1.21 bits per heavy atom. The first-order valence-corrected chi connectivity index (χ1v) is 10.3. The number of hydrogen-bond acceptors (Lipinski definition) is 6. The number of nitrogens with one attached hydrogen (secondary N) is 1. The summed E-state index contributed by atoms with van der Waals surface area (Å²) >= 11 is 1.56. The Morgan fingerprint density at radius 2 is 2.00 bits per heavy atom. The second-order valence-electron chi connectivity index (χ2n) is 6.65. The van der Waals surface area contributed by atoms with Gasteiger partial charge in [0.2, 0.25) is 0 Å². The Balaban J connectivity index is 1.94. The molecular formula is C21H26N4O3S. The van der Waals surface area contributed by atoms with Gasteiger partial charge in [0.05, 0.1) is 30.2 Å². The van der Waals surface area contributed by atoms with E-state index in [9.17, 15) is 4.79 Å². The SMILES string of the molecule is COCCNC(=O)c1cc(-c2csc(-c3ccc(C)nc3)n2)n(CCOC)c1C. The highest BCUT2D eigenvalue weighted by molar-refractivity contribution is 7.13. The molecule has 3 heterocycles. The molecule has 1 amide bonds. The molecule has 0 atom stereocenters. The molecule has 0 spiro atoms. The van der Waals surface area contributed by atoms with Gasteiger partial charge in [-0.05, 0) is 32.0 Å². The second-order valence-corrected chi connectivity index (χ2v) is 7.51. The summed E-state index contributed by atoms with van der Waals surface area (Å²) in [7, 11) is 3.28. The minimum atomic E-state index is -0.116. The second kappa shape index (κ2) is 9.78. The van der Waals surface area contributed by atoms with Crippen LogP contribution in [0.1, 0.15) is 21.7 Å². The molecule has 0 radical (unpaired) electrons. The van der Waals surface area contributed by atoms with Crippen molar-refractivity contribution in [2.24, 2.45) is 0 Å². The van der Waals surface area contributed by atoms with Gasteiger partial charge >= 0.3 is 0 Å². The highest BCUT2D eigenvalue weighted by Crippen LogP contribution is 2.31. The molecular weight excluding hydrogens is 388 g/mol. The van der Waals surface area contributed by atoms with Gasteiger partial charge in [-0.25, -0.2) is 4.98 Å². The van der Waals surface area contributed by atoms with Gasteiger partial charge in [-0.3, -0.25) is 9.78 Å². The van der Waals surface area contributed by atoms with Gasteiger partial charge < -0.3 is 19.4 Å². The molecule has 3 aromatic heterocycles. The van der Waals surface area contributed by atoms with Crippen LogP contribution in [0.2, 0.25) is 0 Å². The number of amides is 1. The first kappa shape index (κ1) is 21.2. The lowest BCUT2D eigenvalue weighted by Crippen LogP contribution is -2.27. The smallest absolute Gasteiger partial charge is 0.253 e. The van der Waals surface area contributed by atoms with E-state index < -0.39 is 0 Å². The molecule has 0 aliphatic rings. The largest absolute Gasteiger partial charge is 0.383 e. The maximum atomic E-state index is 12.6. The quantitative estimate of drug-likeness (QED) is 0.544. The molecule has 29 heavy (non-hydrogen) atoms. The highest BCUT2D eigenvalue weighted by atomic mass is 32.1. The third-order valence-corrected chi connectivity index (χ3v) is 5.54. The van der Waals surface area contributed by atoms with E-state index in [2.05, 4.69) is 14.9 Å². The van der Waals surface area contributed by atoms with Crippen molar-refractivity contribution in [1.82, 2.24) is 19.9 Å². The van der Waals surface area contributed by atoms with Crippen molar-refractivity contribution in [2.45, 2.75) is 20.4 Å². The van der Waals surface area contributed by atoms with Crippen molar-refractivity contribution in [3.05, 3.63) is 46.7 Å². The Labute approximate surface area is 174 Å². The number of carbonyl (C=O) groups is 1. The van der Waals surface area contributed by atoms with Crippen LogP contribution in [0.4, 0.5) is 0 Å². The average Bonchev–Trinajstić information content (AvgIpc) is 3.32. The van der Waals surface area contributed by atoms with Gasteiger partial charge in [0.15, 0.2) is 0 Å². The van der Waals surface area contributed by atoms with Gasteiger partial charge in [-0.15, -0.1) is 11.3 Å². The number of aryl methyl sites for hydroxylation is 1. The summed E-state index contributed by atoms with van der Waals surface area (Å²) in [6.07, 6.45) is 1.84. The number of aromatic nitrogens is 3. The number of methoxy groups -OCH3 is 2. The number of nitrogens with zero attached hydrogens (tertiary/aromatic N) is 3. The fourth-order valence-electron chi connectivity index (χ4n) is 3.04. The average molecular weight is 415 g/mol. The number of ether oxygens (including phenoxy) is 2. The zero-order chi connectivity index (χ0) is 20.8. The number of thiazole rings is 1. The number of hydrogen-bond donors (Lipinski definition) is 1. The maximum absolute atomic E-state index is 12.6. The lowest BCUT2D eigenvalue weighted by atomic mass is 10.2. The Morgan fingerprint density at radius 3 is 2.69 bits per heavy atom. The molecule has 0 aromatic carbocycles. The standard InChI is InChI=1S/C21H26N4O3S/c1-14-5-6-16(12-23-14)21-24-18(13-29-21)19-11-17(20(26)22-7-9-27-3)15(2)25(19)8-10-28-4/h5-6,11-13H,7-10H2,1-4H3,(H,22,26). The van der Waals surface area contributed by atoms with Gasteiger partial charge in [-0.1, -0.05) is 0 Å². The molecule has 0 saturated carbocycles. The van der Waals surface area contributed by atoms with Crippen LogP contribution in [0.25, 0.3) is 22.0 Å². The fourth-order valence-corrected chi connectivity index (χ4v) is 3.84. The lowest BCUT2D eigenvalue weighted by Gasteiger charge is -2.10. The molecule has 7 nitrogen and oxygen atoms in total. The molecule has 0 fully saturated rings. The van der Waals surface area contributed by atoms with Crippen LogP contribution >= 0.6 is 11.3 Å². The van der Waals surface area contributed by atoms with Crippen LogP contribution in [-0.2, 0) is 16.0 Å². The monoisotopic (exact) mass is 414 g/mol. The minimum absolute atomic E-state index is 0.116. The van der Waals surface area contributed by atoms with E-state index in [1.54, 1.807) is 25.6 Å². The van der Waals surface area contributed by atoms with Crippen molar-refractivity contribution < 1.29 is 14.3 Å². The predicted molar refractivity (Wildman–Crippen MR) is 114 cm³/mol. The van der Waals surface area contributed by atoms with E-state index in [1.807, 2.05) is 43.6 Å². The lowest BCUT2D eigenvalue weighted by molar-refractivity contribution is 0.0936. The summed E-state index contributed by atoms with van der Waals surface area (Å²) in [5.74, 6) is -0.116. The molecule has 0 bridgehead atoms. The molecule has 0 aliphatic carbocycles. The third-order valence-electron chi connectivity index (χ3n) is 4.65. The zero-order valence-corrected chi connectivity index (χ0v) is 18.0. The summed E-state index contributed by atoms with van der Waals surface area (Å²) in [5.41, 5.74) is 5.21. The van der Waals surface area contributed by atoms with Crippen LogP contribution in [-0.4, -0.2) is 54.4 Å². The number of rotatable bonds is 9. The van der Waals surface area contributed by atoms with Crippen molar-refractivity contribution in [3.8, 4) is 22.0 Å². The van der Waals surface area contributed by atoms with Gasteiger partial charge in [0.25, 0.3) is 5.91 Å². The molecule has 3 rings (SSSR count). The maximum Gasteiger partial charge on any atom is 0.253 e. The molecule has 3 aromatic rings. The van der Waals surface area contributed by atoms with Crippen LogP contribution in [0.5, 0.6) is 0 Å². The summed E-state index contributed by atoms with van der Waals surface area (Å²) in [6.45, 7) is 6.04. The van der Waals surface area contributed by atoms with Crippen LogP contribution in [0, 0.1) is 13.8 Å². The van der Waals surface area contributed by atoms with E-state index in [0.29, 0.717) is 31.9 Å². The first-order chi connectivity index (χ1) is 14.0. The van der Waals surface area contributed by atoms with Crippen molar-refractivity contribution in [3.63, 3.8) is 0 Å². The highest BCUT2D eigenvalue weighted by Gasteiger charge is 2.20. The van der Waals surface area contributed by atoms with Crippen molar-refractivity contribution >= 4 is 17.2 Å². The Kier molecular flexibility index (Phi) is 7.13. The molecule has 154 valence electrons. The summed E-state index contributed by atoms with van der Waals surface area (Å²) in [5, 5.41) is 5.80. The van der Waals surface area contributed by atoms with E-state index in [-0.39, 0.29) is 5.91 Å². The fraction of sp³-hybridized carbons (Fsp3) is 0.381. The van der Waals surface area contributed by atoms with Crippen LogP contribution < -0.4 is 5.32 Å². The summed E-state index contributed by atoms with van der Waals surface area (Å²) in [4.78, 5) is 21.8. The number of carbonyl (C=O) groups excluding carboxylic acids is 1. The van der Waals surface area contributed by atoms with Crippen molar-refractivity contribution in [1.29, 1.82) is 0 Å². The molecule has 0 saturated heterocycles. The normalized spacial score (nSPS) is 11.0. The van der Waals surface area contributed by atoms with Gasteiger partial charge in [0.1, 0.15) is 5.01 Å². The Bertz CT molecular complexity index is 963.